The van der Waals surface area contributed by atoms with Crippen molar-refractivity contribution in [1.82, 2.24) is 21.3 Å². The van der Waals surface area contributed by atoms with Gasteiger partial charge >= 0.3 is 12.1 Å². The van der Waals surface area contributed by atoms with E-state index in [2.05, 4.69) is 27.8 Å². The van der Waals surface area contributed by atoms with E-state index >= 15 is 0 Å². The number of carbonyl (C=O) groups excluding carboxylic acids is 4. The van der Waals surface area contributed by atoms with E-state index in [0.717, 1.165) is 0 Å². The first-order valence-corrected chi connectivity index (χ1v) is 6.28. The average molecular weight is 300 g/mol. The Kier molecular flexibility index (Phi) is 4.72. The third-order valence-corrected chi connectivity index (χ3v) is 2.78. The fraction of sp³-hybridized carbons (Fsp3) is 0.143. The molecule has 6 amide bonds. The molecule has 8 heteroatoms. The molecule has 0 spiro atoms. The molecule has 1 heterocycles. The summed E-state index contributed by atoms with van der Waals surface area (Å²) >= 11 is 0. The zero-order chi connectivity index (χ0) is 15.9. The van der Waals surface area contributed by atoms with Crippen LogP contribution in [0.3, 0.4) is 0 Å². The molecule has 0 bridgehead atoms. The van der Waals surface area contributed by atoms with Crippen molar-refractivity contribution in [3.63, 3.8) is 0 Å². The molecule has 112 valence electrons. The predicted molar refractivity (Wildman–Crippen MR) is 75.3 cm³/mol. The lowest BCUT2D eigenvalue weighted by molar-refractivity contribution is -0.120. The first-order chi connectivity index (χ1) is 10.6. The van der Waals surface area contributed by atoms with Crippen molar-refractivity contribution >= 4 is 24.4 Å². The second-order valence-corrected chi connectivity index (χ2v) is 4.26. The van der Waals surface area contributed by atoms with E-state index in [9.17, 15) is 19.2 Å². The summed E-state index contributed by atoms with van der Waals surface area (Å²) in [5.41, 5.74) is 1.34. The first-order valence-electron chi connectivity index (χ1n) is 6.28. The van der Waals surface area contributed by atoms with Crippen molar-refractivity contribution in [2.24, 2.45) is 0 Å². The van der Waals surface area contributed by atoms with Gasteiger partial charge < -0.3 is 10.6 Å². The van der Waals surface area contributed by atoms with Crippen molar-refractivity contribution < 1.29 is 19.2 Å². The van der Waals surface area contributed by atoms with Crippen LogP contribution in [0.4, 0.5) is 9.59 Å². The number of imide groups is 2. The van der Waals surface area contributed by atoms with Gasteiger partial charge in [-0.2, -0.15) is 0 Å². The van der Waals surface area contributed by atoms with Gasteiger partial charge in [0.25, 0.3) is 5.91 Å². The van der Waals surface area contributed by atoms with Gasteiger partial charge in [-0.05, 0) is 17.7 Å². The molecule has 1 atom stereocenters. The lowest BCUT2D eigenvalue weighted by Crippen LogP contribution is -2.34. The van der Waals surface area contributed by atoms with Crippen LogP contribution in [-0.4, -0.2) is 30.9 Å². The Bertz CT molecular complexity index is 672. The second kappa shape index (κ2) is 6.90. The van der Waals surface area contributed by atoms with Crippen LogP contribution in [0.25, 0.3) is 0 Å². The number of hydrogen-bond donors (Lipinski definition) is 4. The minimum atomic E-state index is -0.691. The van der Waals surface area contributed by atoms with Crippen molar-refractivity contribution in [3.05, 3.63) is 35.4 Å². The van der Waals surface area contributed by atoms with Crippen LogP contribution >= 0.6 is 0 Å². The summed E-state index contributed by atoms with van der Waals surface area (Å²) < 4.78 is 0. The number of hydrogen-bond acceptors (Lipinski definition) is 4. The lowest BCUT2D eigenvalue weighted by atomic mass is 10.1. The molecule has 0 aliphatic carbocycles. The van der Waals surface area contributed by atoms with Crippen molar-refractivity contribution in [2.45, 2.75) is 6.04 Å². The van der Waals surface area contributed by atoms with Crippen LogP contribution in [-0.2, 0) is 9.59 Å². The predicted octanol–water partition coefficient (Wildman–Crippen LogP) is -0.626. The van der Waals surface area contributed by atoms with Crippen LogP contribution in [0.1, 0.15) is 17.2 Å². The molecule has 1 unspecified atom stereocenters. The molecule has 1 aromatic rings. The van der Waals surface area contributed by atoms with Gasteiger partial charge in [0.2, 0.25) is 6.41 Å². The highest BCUT2D eigenvalue weighted by Crippen LogP contribution is 2.16. The van der Waals surface area contributed by atoms with E-state index in [0.29, 0.717) is 11.1 Å². The van der Waals surface area contributed by atoms with Crippen LogP contribution in [0.2, 0.25) is 0 Å². The molecule has 0 radical (unpaired) electrons. The molecular formula is C14H12N4O4. The number of urea groups is 2. The molecule has 1 saturated heterocycles. The van der Waals surface area contributed by atoms with Gasteiger partial charge in [-0.15, -0.1) is 0 Å². The van der Waals surface area contributed by atoms with E-state index in [1.807, 2.05) is 5.32 Å². The van der Waals surface area contributed by atoms with Crippen molar-refractivity contribution in [3.8, 4) is 11.8 Å². The Morgan fingerprint density at radius 1 is 1.27 bits per heavy atom. The monoisotopic (exact) mass is 300 g/mol. The largest absolute Gasteiger partial charge is 0.327 e. The number of benzene rings is 1. The molecule has 0 saturated carbocycles. The van der Waals surface area contributed by atoms with E-state index in [4.69, 9.17) is 0 Å². The maximum atomic E-state index is 11.5. The average Bonchev–Trinajstić information content (AvgIpc) is 2.83. The Balaban J connectivity index is 1.92. The third-order valence-electron chi connectivity index (χ3n) is 2.78. The molecule has 2 rings (SSSR count). The Hall–Kier alpha value is -3.34. The molecule has 22 heavy (non-hydrogen) atoms. The molecule has 8 nitrogen and oxygen atoms in total. The highest BCUT2D eigenvalue weighted by atomic mass is 16.2. The number of amides is 6. The minimum Gasteiger partial charge on any atom is -0.327 e. The van der Waals surface area contributed by atoms with E-state index in [1.54, 1.807) is 24.3 Å². The molecule has 1 aliphatic rings. The van der Waals surface area contributed by atoms with Crippen molar-refractivity contribution in [1.29, 1.82) is 0 Å². The fourth-order valence-electron chi connectivity index (χ4n) is 1.79. The summed E-state index contributed by atoms with van der Waals surface area (Å²) in [6.07, 6.45) is 0.277. The quantitative estimate of drug-likeness (QED) is 0.338. The summed E-state index contributed by atoms with van der Waals surface area (Å²) in [5, 5.41) is 8.94. The lowest BCUT2D eigenvalue weighted by Gasteiger charge is -2.06. The summed E-state index contributed by atoms with van der Waals surface area (Å²) in [4.78, 5) is 43.5. The SMILES string of the molecule is O=CNC(=O)NCC#Cc1ccc(C2NC(=O)NC2=O)cc1. The number of rotatable bonds is 3. The van der Waals surface area contributed by atoms with Gasteiger partial charge in [0, 0.05) is 5.56 Å². The van der Waals surface area contributed by atoms with Gasteiger partial charge in [0.05, 0.1) is 6.54 Å². The van der Waals surface area contributed by atoms with Gasteiger partial charge in [0.15, 0.2) is 0 Å². The van der Waals surface area contributed by atoms with Crippen LogP contribution in [0.5, 0.6) is 0 Å². The van der Waals surface area contributed by atoms with Gasteiger partial charge in [-0.1, -0.05) is 24.0 Å². The molecule has 0 aromatic heterocycles. The zero-order valence-electron chi connectivity index (χ0n) is 11.3. The fourth-order valence-corrected chi connectivity index (χ4v) is 1.79. The highest BCUT2D eigenvalue weighted by molar-refractivity contribution is 6.04. The maximum Gasteiger partial charge on any atom is 0.322 e. The van der Waals surface area contributed by atoms with Crippen LogP contribution in [0, 0.1) is 11.8 Å². The van der Waals surface area contributed by atoms with Crippen LogP contribution in [0.15, 0.2) is 24.3 Å². The Morgan fingerprint density at radius 3 is 2.59 bits per heavy atom. The summed E-state index contributed by atoms with van der Waals surface area (Å²) in [6.45, 7) is 0.0858. The standard InChI is InChI=1S/C14H12N4O4/c19-8-16-13(21)15-7-1-2-9-3-5-10(6-4-9)11-12(20)18-14(22)17-11/h3-6,8,11H,7H2,(H2,15,16,19,21)(H2,17,18,20,22). The summed E-state index contributed by atoms with van der Waals surface area (Å²) in [6, 6.07) is 4.94. The second-order valence-electron chi connectivity index (χ2n) is 4.26. The molecule has 1 aliphatic heterocycles. The minimum absolute atomic E-state index is 0.0858. The van der Waals surface area contributed by atoms with E-state index in [1.165, 1.54) is 0 Å². The Labute approximate surface area is 125 Å². The third kappa shape index (κ3) is 3.83. The highest BCUT2D eigenvalue weighted by Gasteiger charge is 2.30. The molecule has 4 N–H and O–H groups in total. The molecule has 1 fully saturated rings. The van der Waals surface area contributed by atoms with Crippen LogP contribution < -0.4 is 21.3 Å². The topological polar surface area (TPSA) is 116 Å². The number of nitrogens with one attached hydrogen (secondary N) is 4. The van der Waals surface area contributed by atoms with E-state index < -0.39 is 24.0 Å². The zero-order valence-corrected chi connectivity index (χ0v) is 11.3. The smallest absolute Gasteiger partial charge is 0.322 e. The van der Waals surface area contributed by atoms with Gasteiger partial charge in [-0.25, -0.2) is 9.59 Å². The van der Waals surface area contributed by atoms with Gasteiger partial charge in [-0.3, -0.25) is 20.2 Å². The maximum absolute atomic E-state index is 11.5. The first kappa shape index (κ1) is 15.1. The normalized spacial score (nSPS) is 15.9. The van der Waals surface area contributed by atoms with Gasteiger partial charge in [0.1, 0.15) is 6.04 Å². The Morgan fingerprint density at radius 2 is 2.00 bits per heavy atom. The summed E-state index contributed by atoms with van der Waals surface area (Å²) in [5.74, 6) is 5.13. The number of carbonyl (C=O) groups is 4. The van der Waals surface area contributed by atoms with E-state index in [-0.39, 0.29) is 13.0 Å². The van der Waals surface area contributed by atoms with Crippen molar-refractivity contribution in [2.75, 3.05) is 6.54 Å². The molecular weight excluding hydrogens is 288 g/mol. The molecule has 1 aromatic carbocycles. The summed E-state index contributed by atoms with van der Waals surface area (Å²) in [7, 11) is 0.